The van der Waals surface area contributed by atoms with Crippen LogP contribution in [0.15, 0.2) is 78.9 Å². The molecule has 0 bridgehead atoms. The third kappa shape index (κ3) is 8.27. The van der Waals surface area contributed by atoms with Gasteiger partial charge in [-0.05, 0) is 103 Å². The zero-order chi connectivity index (χ0) is 26.1. The van der Waals surface area contributed by atoms with Crippen molar-refractivity contribution in [3.63, 3.8) is 0 Å². The van der Waals surface area contributed by atoms with E-state index >= 15 is 0 Å². The molecule has 0 saturated heterocycles. The zero-order valence-electron chi connectivity index (χ0n) is 21.0. The van der Waals surface area contributed by atoms with Crippen LogP contribution in [-0.2, 0) is 14.6 Å². The lowest BCUT2D eigenvalue weighted by atomic mass is 9.93. The third-order valence-corrected chi connectivity index (χ3v) is 6.61. The Bertz CT molecular complexity index is 1280. The summed E-state index contributed by atoms with van der Waals surface area (Å²) in [5.41, 5.74) is 6.19. The molecule has 1 aliphatic rings. The first-order chi connectivity index (χ1) is 17.1. The van der Waals surface area contributed by atoms with Gasteiger partial charge in [0.2, 0.25) is 5.91 Å². The number of amides is 1. The smallest absolute Gasteiger partial charge is 0.247 e. The molecule has 190 valence electrons. The van der Waals surface area contributed by atoms with E-state index in [2.05, 4.69) is 50.0 Å². The first kappa shape index (κ1) is 27.0. The van der Waals surface area contributed by atoms with Crippen LogP contribution in [-0.4, -0.2) is 39.5 Å². The molecule has 0 radical (unpaired) electrons. The van der Waals surface area contributed by atoms with E-state index in [4.69, 9.17) is 9.47 Å². The van der Waals surface area contributed by atoms with Crippen LogP contribution < -0.4 is 14.8 Å². The highest BCUT2D eigenvalue weighted by Gasteiger charge is 2.12. The molecule has 1 amide bonds. The number of hydrogen-bond acceptors (Lipinski definition) is 5. The van der Waals surface area contributed by atoms with Crippen LogP contribution in [0.2, 0.25) is 0 Å². The fourth-order valence-electron chi connectivity index (χ4n) is 3.95. The number of sulfone groups is 1. The number of benzene rings is 2. The van der Waals surface area contributed by atoms with Crippen molar-refractivity contribution in [1.29, 1.82) is 0 Å². The predicted molar refractivity (Wildman–Crippen MR) is 146 cm³/mol. The first-order valence-corrected chi connectivity index (χ1v) is 13.9. The Morgan fingerprint density at radius 1 is 1.08 bits per heavy atom. The normalized spacial score (nSPS) is 13.3. The lowest BCUT2D eigenvalue weighted by Crippen LogP contribution is -2.08. The topological polar surface area (TPSA) is 81.7 Å². The van der Waals surface area contributed by atoms with Crippen molar-refractivity contribution in [2.45, 2.75) is 26.7 Å². The molecule has 0 atom stereocenters. The molecular formula is C29H33NO5S. The summed E-state index contributed by atoms with van der Waals surface area (Å²) < 4.78 is 34.4. The molecule has 0 spiro atoms. The third-order valence-electron chi connectivity index (χ3n) is 5.58. The quantitative estimate of drug-likeness (QED) is 0.317. The molecule has 2 aromatic rings. The van der Waals surface area contributed by atoms with Gasteiger partial charge in [-0.15, -0.1) is 0 Å². The molecule has 6 nitrogen and oxygen atoms in total. The molecule has 0 unspecified atom stereocenters. The van der Waals surface area contributed by atoms with Crippen molar-refractivity contribution in [3.8, 4) is 11.5 Å². The summed E-state index contributed by atoms with van der Waals surface area (Å²) in [6, 6.07) is 11.2. The molecule has 0 fully saturated rings. The summed E-state index contributed by atoms with van der Waals surface area (Å²) >= 11 is 0. The number of rotatable bonds is 11. The fraction of sp³-hybridized carbons (Fsp3) is 0.276. The second-order valence-electron chi connectivity index (χ2n) is 8.79. The van der Waals surface area contributed by atoms with Gasteiger partial charge in [-0.2, -0.15) is 0 Å². The Morgan fingerprint density at radius 3 is 2.42 bits per heavy atom. The van der Waals surface area contributed by atoms with E-state index in [0.29, 0.717) is 31.1 Å². The maximum absolute atomic E-state index is 11.4. The van der Waals surface area contributed by atoms with E-state index in [9.17, 15) is 13.2 Å². The summed E-state index contributed by atoms with van der Waals surface area (Å²) in [5.74, 6) is 1.32. The molecule has 1 N–H and O–H groups in total. The Balaban J connectivity index is 1.67. The number of carbonyl (C=O) groups excluding carboxylic acids is 1. The molecule has 0 saturated carbocycles. The number of hydrogen-bond donors (Lipinski definition) is 1. The number of anilines is 1. The van der Waals surface area contributed by atoms with E-state index in [1.165, 1.54) is 12.3 Å². The minimum Gasteiger partial charge on any atom is -0.494 e. The Kier molecular flexibility index (Phi) is 9.31. The van der Waals surface area contributed by atoms with Crippen molar-refractivity contribution >= 4 is 27.0 Å². The minimum absolute atomic E-state index is 0.120. The Morgan fingerprint density at radius 2 is 1.78 bits per heavy atom. The second-order valence-corrected chi connectivity index (χ2v) is 11.0. The average molecular weight is 508 g/mol. The van der Waals surface area contributed by atoms with Gasteiger partial charge in [-0.1, -0.05) is 24.8 Å². The number of carbonyl (C=O) groups is 1. The molecule has 7 heteroatoms. The molecule has 1 aliphatic carbocycles. The van der Waals surface area contributed by atoms with E-state index in [1.54, 1.807) is 12.1 Å². The molecule has 0 aromatic heterocycles. The Labute approximate surface area is 213 Å². The van der Waals surface area contributed by atoms with Crippen LogP contribution in [0, 0.1) is 13.8 Å². The van der Waals surface area contributed by atoms with Gasteiger partial charge in [0.15, 0.2) is 0 Å². The van der Waals surface area contributed by atoms with Crippen molar-refractivity contribution < 1.29 is 22.7 Å². The standard InChI is InChI=1S/C29H33NO5S/c1-5-28(31)30-25-11-13-26(14-12-25)35-20-23-9-6-7-10-24(19-23)29-21(2)17-27(18-22(29)3)34-15-8-16-36(4,32)33/h5-6,9-14,17-19H,1,7-8,15-16,20H2,2-4H3,(H,30,31). The summed E-state index contributed by atoms with van der Waals surface area (Å²) in [4.78, 5) is 11.4. The summed E-state index contributed by atoms with van der Waals surface area (Å²) in [6.45, 7) is 8.33. The van der Waals surface area contributed by atoms with Crippen molar-refractivity contribution in [3.05, 3.63) is 95.6 Å². The van der Waals surface area contributed by atoms with Crippen LogP contribution in [0.4, 0.5) is 5.69 Å². The van der Waals surface area contributed by atoms with Gasteiger partial charge in [-0.25, -0.2) is 8.42 Å². The van der Waals surface area contributed by atoms with E-state index in [1.807, 2.05) is 24.3 Å². The molecule has 2 aromatic carbocycles. The number of allylic oxidation sites excluding steroid dienone is 4. The number of ether oxygens (including phenoxy) is 2. The maximum atomic E-state index is 11.4. The van der Waals surface area contributed by atoms with Crippen LogP contribution in [0.25, 0.3) is 5.57 Å². The van der Waals surface area contributed by atoms with Gasteiger partial charge in [0.05, 0.1) is 12.4 Å². The summed E-state index contributed by atoms with van der Waals surface area (Å²) in [7, 11) is -2.98. The molecule has 0 aliphatic heterocycles. The van der Waals surface area contributed by atoms with Gasteiger partial charge in [-0.3, -0.25) is 4.79 Å². The minimum atomic E-state index is -2.98. The van der Waals surface area contributed by atoms with Crippen molar-refractivity contribution in [2.24, 2.45) is 0 Å². The number of aryl methyl sites for hydroxylation is 2. The summed E-state index contributed by atoms with van der Waals surface area (Å²) in [6.07, 6.45) is 12.3. The summed E-state index contributed by atoms with van der Waals surface area (Å²) in [5, 5.41) is 2.72. The SMILES string of the molecule is C=CC(=O)Nc1ccc(OCC2=CC(c3c(C)cc(OCCCS(C)(=O)=O)cc3C)=CCC=C2)cc1. The highest BCUT2D eigenvalue weighted by Crippen LogP contribution is 2.31. The molecule has 36 heavy (non-hydrogen) atoms. The average Bonchev–Trinajstić information content (AvgIpc) is 3.06. The molecular weight excluding hydrogens is 474 g/mol. The van der Waals surface area contributed by atoms with Crippen LogP contribution in [0.3, 0.4) is 0 Å². The molecule has 0 heterocycles. The van der Waals surface area contributed by atoms with Crippen LogP contribution >= 0.6 is 0 Å². The van der Waals surface area contributed by atoms with Gasteiger partial charge in [0, 0.05) is 11.9 Å². The van der Waals surface area contributed by atoms with Crippen molar-refractivity contribution in [2.75, 3.05) is 30.5 Å². The van der Waals surface area contributed by atoms with Crippen molar-refractivity contribution in [1.82, 2.24) is 0 Å². The van der Waals surface area contributed by atoms with E-state index < -0.39 is 9.84 Å². The Hall–Kier alpha value is -3.58. The predicted octanol–water partition coefficient (Wildman–Crippen LogP) is 5.59. The highest BCUT2D eigenvalue weighted by molar-refractivity contribution is 7.90. The lowest BCUT2D eigenvalue weighted by molar-refractivity contribution is -0.111. The lowest BCUT2D eigenvalue weighted by Gasteiger charge is -2.15. The zero-order valence-corrected chi connectivity index (χ0v) is 21.9. The van der Waals surface area contributed by atoms with E-state index in [-0.39, 0.29) is 11.7 Å². The van der Waals surface area contributed by atoms with Crippen LogP contribution in [0.5, 0.6) is 11.5 Å². The van der Waals surface area contributed by atoms with Gasteiger partial charge in [0.1, 0.15) is 27.9 Å². The highest BCUT2D eigenvalue weighted by atomic mass is 32.2. The largest absolute Gasteiger partial charge is 0.494 e. The monoisotopic (exact) mass is 507 g/mol. The van der Waals surface area contributed by atoms with Gasteiger partial charge in [0.25, 0.3) is 0 Å². The molecule has 3 rings (SSSR count). The fourth-order valence-corrected chi connectivity index (χ4v) is 4.60. The van der Waals surface area contributed by atoms with Gasteiger partial charge >= 0.3 is 0 Å². The second kappa shape index (κ2) is 12.4. The number of nitrogens with one attached hydrogen (secondary N) is 1. The van der Waals surface area contributed by atoms with E-state index in [0.717, 1.165) is 40.0 Å². The van der Waals surface area contributed by atoms with Gasteiger partial charge < -0.3 is 14.8 Å². The first-order valence-electron chi connectivity index (χ1n) is 11.8. The maximum Gasteiger partial charge on any atom is 0.247 e. The van der Waals surface area contributed by atoms with Crippen LogP contribution in [0.1, 0.15) is 29.5 Å².